The normalized spacial score (nSPS) is 24.1. The number of benzene rings is 1. The molecule has 3 aromatic rings. The summed E-state index contributed by atoms with van der Waals surface area (Å²) in [4.78, 5) is 15.0. The molecule has 3 atom stereocenters. The molecule has 3 fully saturated rings. The Hall–Kier alpha value is -3.42. The van der Waals surface area contributed by atoms with Crippen molar-refractivity contribution in [2.75, 3.05) is 49.2 Å². The van der Waals surface area contributed by atoms with Crippen molar-refractivity contribution in [3.8, 4) is 6.07 Å². The molecule has 0 saturated carbocycles. The number of hydrogen-bond acceptors (Lipinski definition) is 9. The zero-order valence-electron chi connectivity index (χ0n) is 23.8. The lowest BCUT2D eigenvalue weighted by Gasteiger charge is -2.48. The van der Waals surface area contributed by atoms with Crippen molar-refractivity contribution in [1.82, 2.24) is 30.0 Å². The van der Waals surface area contributed by atoms with Crippen LogP contribution in [0, 0.1) is 24.2 Å². The minimum Gasteiger partial charge on any atom is -0.385 e. The van der Waals surface area contributed by atoms with Gasteiger partial charge in [0.05, 0.1) is 11.6 Å². The number of anilines is 4. The fraction of sp³-hybridized carbons (Fsp3) is 0.600. The smallest absolute Gasteiger partial charge is 0.225 e. The summed E-state index contributed by atoms with van der Waals surface area (Å²) < 4.78 is 0. The molecule has 40 heavy (non-hydrogen) atoms. The molecule has 212 valence electrons. The highest BCUT2D eigenvalue weighted by atomic mass is 15.2. The first-order valence-corrected chi connectivity index (χ1v) is 15.0. The van der Waals surface area contributed by atoms with Crippen LogP contribution in [0.3, 0.4) is 0 Å². The van der Waals surface area contributed by atoms with Crippen LogP contribution in [0.2, 0.25) is 0 Å². The summed E-state index contributed by atoms with van der Waals surface area (Å²) in [5.41, 5.74) is 3.00. The molecule has 3 aliphatic rings. The maximum atomic E-state index is 9.13. The highest BCUT2D eigenvalue weighted by Gasteiger charge is 2.38. The van der Waals surface area contributed by atoms with E-state index in [9.17, 15) is 0 Å². The Morgan fingerprint density at radius 3 is 2.60 bits per heavy atom. The van der Waals surface area contributed by atoms with E-state index in [1.807, 2.05) is 13.0 Å². The van der Waals surface area contributed by atoms with E-state index in [2.05, 4.69) is 67.3 Å². The molecule has 4 N–H and O–H groups in total. The molecule has 0 radical (unpaired) electrons. The van der Waals surface area contributed by atoms with Crippen LogP contribution in [-0.4, -0.2) is 81.3 Å². The monoisotopic (exact) mass is 542 g/mol. The molecule has 10 heteroatoms. The van der Waals surface area contributed by atoms with E-state index >= 15 is 0 Å². The van der Waals surface area contributed by atoms with E-state index in [1.165, 1.54) is 45.2 Å². The summed E-state index contributed by atoms with van der Waals surface area (Å²) in [6.07, 6.45) is 8.89. The third-order valence-corrected chi connectivity index (χ3v) is 9.02. The summed E-state index contributed by atoms with van der Waals surface area (Å²) in [6, 6.07) is 12.1. The van der Waals surface area contributed by atoms with Crippen molar-refractivity contribution in [2.24, 2.45) is 5.92 Å². The molecule has 0 amide bonds. The predicted octanol–water partition coefficient (Wildman–Crippen LogP) is 4.87. The number of aromatic nitrogens is 4. The van der Waals surface area contributed by atoms with Crippen molar-refractivity contribution in [3.05, 3.63) is 30.0 Å². The highest BCUT2D eigenvalue weighted by Crippen LogP contribution is 2.36. The second-order valence-corrected chi connectivity index (χ2v) is 12.0. The summed E-state index contributed by atoms with van der Waals surface area (Å²) >= 11 is 0. The summed E-state index contributed by atoms with van der Waals surface area (Å²) in [6.45, 7) is 6.21. The number of nitrogens with one attached hydrogen (secondary N) is 4. The van der Waals surface area contributed by atoms with Crippen molar-refractivity contribution in [3.63, 3.8) is 0 Å². The minimum absolute atomic E-state index is 0.317. The minimum atomic E-state index is 0.317. The first kappa shape index (κ1) is 26.8. The summed E-state index contributed by atoms with van der Waals surface area (Å²) in [5.74, 6) is 2.86. The van der Waals surface area contributed by atoms with Crippen LogP contribution in [0.5, 0.6) is 0 Å². The molecule has 1 aromatic carbocycles. The van der Waals surface area contributed by atoms with Crippen LogP contribution >= 0.6 is 0 Å². The third kappa shape index (κ3) is 6.16. The number of nitrogens with zero attached hydrogens (tertiary/aromatic N) is 6. The average Bonchev–Trinajstić information content (AvgIpc) is 3.35. The molecule has 3 aliphatic heterocycles. The van der Waals surface area contributed by atoms with Crippen LogP contribution in [0.4, 0.5) is 23.3 Å². The lowest BCUT2D eigenvalue weighted by molar-refractivity contribution is 0.0369. The van der Waals surface area contributed by atoms with E-state index in [0.717, 1.165) is 59.9 Å². The largest absolute Gasteiger partial charge is 0.385 e. The van der Waals surface area contributed by atoms with Gasteiger partial charge in [0.15, 0.2) is 5.82 Å². The van der Waals surface area contributed by atoms with Crippen LogP contribution in [0.1, 0.15) is 57.1 Å². The van der Waals surface area contributed by atoms with Gasteiger partial charge in [-0.3, -0.25) is 10.00 Å². The Labute approximate surface area is 236 Å². The SMILES string of the molecule is Cc1cc(Nc2nc(N[C@@H]3C[C@H]4CCC[C@@H](C3)N4CCC#N)nc3cc(NCC4CCN(C)CC4)ccc23)n[nH]1. The molecular formula is C30H42N10. The van der Waals surface area contributed by atoms with Crippen molar-refractivity contribution in [1.29, 1.82) is 5.26 Å². The van der Waals surface area contributed by atoms with Crippen molar-refractivity contribution >= 4 is 34.2 Å². The number of aromatic amines is 1. The Kier molecular flexibility index (Phi) is 8.03. The van der Waals surface area contributed by atoms with Gasteiger partial charge in [0.1, 0.15) is 5.82 Å². The number of piperidine rings is 3. The van der Waals surface area contributed by atoms with Gasteiger partial charge < -0.3 is 20.9 Å². The Bertz CT molecular complexity index is 1320. The first-order valence-electron chi connectivity index (χ1n) is 15.0. The summed E-state index contributed by atoms with van der Waals surface area (Å²) in [7, 11) is 2.21. The number of aryl methyl sites for hydroxylation is 1. The fourth-order valence-electron chi connectivity index (χ4n) is 6.85. The van der Waals surface area contributed by atoms with Gasteiger partial charge in [-0.25, -0.2) is 4.98 Å². The van der Waals surface area contributed by atoms with E-state index < -0.39 is 0 Å². The number of rotatable bonds is 9. The van der Waals surface area contributed by atoms with Gasteiger partial charge >= 0.3 is 0 Å². The standard InChI is InChI=1S/C30H42N10/c1-20-15-28(38-37-20)35-29-26-8-7-22(32-19-21-9-13-39(2)14-10-21)18-27(26)34-30(36-29)33-23-16-24-5-3-6-25(17-23)40(24)12-4-11-31/h7-8,15,18,21,23-25,32H,3-6,9-10,12-14,16-17,19H2,1-2H3,(H3,33,34,35,36,37,38)/t23-,24-,25+. The molecule has 5 heterocycles. The molecule has 2 bridgehead atoms. The molecule has 0 unspecified atom stereocenters. The van der Waals surface area contributed by atoms with Gasteiger partial charge in [0.2, 0.25) is 5.95 Å². The molecule has 0 spiro atoms. The first-order chi connectivity index (χ1) is 19.5. The van der Waals surface area contributed by atoms with Crippen molar-refractivity contribution < 1.29 is 0 Å². The fourth-order valence-corrected chi connectivity index (χ4v) is 6.85. The molecule has 2 aromatic heterocycles. The van der Waals surface area contributed by atoms with Gasteiger partial charge in [-0.05, 0) is 89.7 Å². The number of H-pyrrole nitrogens is 1. The van der Waals surface area contributed by atoms with Crippen LogP contribution in [-0.2, 0) is 0 Å². The molecular weight excluding hydrogens is 500 g/mol. The number of likely N-dealkylation sites (tertiary alicyclic amines) is 1. The van der Waals surface area contributed by atoms with Gasteiger partial charge in [-0.2, -0.15) is 15.3 Å². The zero-order chi connectivity index (χ0) is 27.5. The van der Waals surface area contributed by atoms with Gasteiger partial charge in [0, 0.05) is 60.5 Å². The molecule has 10 nitrogen and oxygen atoms in total. The lowest BCUT2D eigenvalue weighted by Crippen LogP contribution is -2.55. The maximum Gasteiger partial charge on any atom is 0.225 e. The lowest BCUT2D eigenvalue weighted by atomic mass is 9.81. The van der Waals surface area contributed by atoms with E-state index in [-0.39, 0.29) is 0 Å². The van der Waals surface area contributed by atoms with Crippen LogP contribution in [0.25, 0.3) is 10.9 Å². The summed E-state index contributed by atoms with van der Waals surface area (Å²) in [5, 5.41) is 28.3. The second kappa shape index (κ2) is 12.0. The van der Waals surface area contributed by atoms with E-state index in [4.69, 9.17) is 15.2 Å². The number of hydrogen-bond donors (Lipinski definition) is 4. The number of fused-ring (bicyclic) bond motifs is 3. The van der Waals surface area contributed by atoms with Crippen LogP contribution < -0.4 is 16.0 Å². The average molecular weight is 543 g/mol. The van der Waals surface area contributed by atoms with Gasteiger partial charge in [-0.1, -0.05) is 6.42 Å². The zero-order valence-corrected chi connectivity index (χ0v) is 23.8. The topological polar surface area (TPSA) is 121 Å². The quantitative estimate of drug-likeness (QED) is 0.300. The van der Waals surface area contributed by atoms with E-state index in [1.54, 1.807) is 0 Å². The maximum absolute atomic E-state index is 9.13. The number of nitriles is 1. The highest BCUT2D eigenvalue weighted by molar-refractivity contribution is 5.93. The van der Waals surface area contributed by atoms with Gasteiger partial charge in [-0.15, -0.1) is 0 Å². The molecule has 0 aliphatic carbocycles. The van der Waals surface area contributed by atoms with Crippen molar-refractivity contribution in [2.45, 2.75) is 76.4 Å². The Morgan fingerprint density at radius 2 is 1.88 bits per heavy atom. The molecule has 3 saturated heterocycles. The molecule has 6 rings (SSSR count). The van der Waals surface area contributed by atoms with Gasteiger partial charge in [0.25, 0.3) is 0 Å². The van der Waals surface area contributed by atoms with E-state index in [0.29, 0.717) is 36.4 Å². The third-order valence-electron chi connectivity index (χ3n) is 9.02. The predicted molar refractivity (Wildman–Crippen MR) is 160 cm³/mol. The Morgan fingerprint density at radius 1 is 1.07 bits per heavy atom. The van der Waals surface area contributed by atoms with Crippen LogP contribution in [0.15, 0.2) is 24.3 Å². The Balaban J connectivity index is 1.22. The second-order valence-electron chi connectivity index (χ2n) is 12.0.